The van der Waals surface area contributed by atoms with E-state index in [4.69, 9.17) is 10.0 Å². The van der Waals surface area contributed by atoms with Crippen molar-refractivity contribution in [2.24, 2.45) is 5.92 Å². The molecule has 0 aromatic heterocycles. The predicted octanol–water partition coefficient (Wildman–Crippen LogP) is 4.25. The minimum atomic E-state index is -1.78. The van der Waals surface area contributed by atoms with Crippen molar-refractivity contribution in [3.8, 4) is 11.1 Å². The minimum absolute atomic E-state index is 0.0933. The van der Waals surface area contributed by atoms with Gasteiger partial charge in [0.1, 0.15) is 5.82 Å². The predicted molar refractivity (Wildman–Crippen MR) is 101 cm³/mol. The highest BCUT2D eigenvalue weighted by molar-refractivity contribution is 6.58. The summed E-state index contributed by atoms with van der Waals surface area (Å²) in [5.74, 6) is 0.959. The molecule has 1 aliphatic rings. The highest BCUT2D eigenvalue weighted by atomic mass is 19.1. The quantitative estimate of drug-likeness (QED) is 0.799. The van der Waals surface area contributed by atoms with Gasteiger partial charge in [0, 0.05) is 5.46 Å². The third-order valence-electron chi connectivity index (χ3n) is 5.54. The highest BCUT2D eigenvalue weighted by Gasteiger charge is 2.22. The second-order valence-electron chi connectivity index (χ2n) is 7.24. The number of hydrogen-bond donors (Lipinski definition) is 2. The molecule has 4 heteroatoms. The Hall–Kier alpha value is -1.65. The van der Waals surface area contributed by atoms with Gasteiger partial charge in [0.25, 0.3) is 0 Å². The van der Waals surface area contributed by atoms with Crippen LogP contribution >= 0.6 is 0 Å². The van der Waals surface area contributed by atoms with Crippen molar-refractivity contribution in [1.82, 2.24) is 0 Å². The van der Waals surface area contributed by atoms with E-state index in [-0.39, 0.29) is 5.46 Å². The van der Waals surface area contributed by atoms with Gasteiger partial charge in [-0.2, -0.15) is 0 Å². The molecule has 0 bridgehead atoms. The first-order valence-corrected chi connectivity index (χ1v) is 9.34. The Bertz CT molecular complexity index is 692. The second-order valence-corrected chi connectivity index (χ2v) is 7.24. The Balaban J connectivity index is 1.69. The molecule has 3 rings (SSSR count). The van der Waals surface area contributed by atoms with Crippen molar-refractivity contribution >= 4 is 12.6 Å². The molecule has 132 valence electrons. The van der Waals surface area contributed by atoms with Crippen LogP contribution in [-0.4, -0.2) is 17.2 Å². The van der Waals surface area contributed by atoms with Crippen LogP contribution in [0.1, 0.15) is 56.9 Å². The van der Waals surface area contributed by atoms with Gasteiger partial charge in [-0.15, -0.1) is 0 Å². The van der Waals surface area contributed by atoms with Gasteiger partial charge < -0.3 is 10.0 Å². The lowest BCUT2D eigenvalue weighted by Crippen LogP contribution is -2.32. The van der Waals surface area contributed by atoms with Gasteiger partial charge in [0.05, 0.1) is 0 Å². The molecule has 0 atom stereocenters. The summed E-state index contributed by atoms with van der Waals surface area (Å²) in [7, 11) is -1.78. The summed E-state index contributed by atoms with van der Waals surface area (Å²) in [5.41, 5.74) is 2.98. The van der Waals surface area contributed by atoms with Crippen molar-refractivity contribution in [3.05, 3.63) is 53.8 Å². The van der Waals surface area contributed by atoms with Crippen molar-refractivity contribution in [2.45, 2.75) is 51.4 Å². The number of rotatable bonds is 5. The van der Waals surface area contributed by atoms with E-state index < -0.39 is 12.9 Å². The van der Waals surface area contributed by atoms with Crippen LogP contribution in [0, 0.1) is 11.7 Å². The van der Waals surface area contributed by atoms with Gasteiger partial charge in [-0.3, -0.25) is 0 Å². The molecular weight excluding hydrogens is 314 g/mol. The fraction of sp³-hybridized carbons (Fsp3) is 0.429. The zero-order chi connectivity index (χ0) is 17.8. The van der Waals surface area contributed by atoms with Crippen molar-refractivity contribution in [3.63, 3.8) is 0 Å². The minimum Gasteiger partial charge on any atom is -0.423 e. The summed E-state index contributed by atoms with van der Waals surface area (Å²) in [6.45, 7) is 2.27. The molecule has 0 heterocycles. The summed E-state index contributed by atoms with van der Waals surface area (Å²) in [4.78, 5) is 0. The fourth-order valence-corrected chi connectivity index (χ4v) is 4.06. The Labute approximate surface area is 149 Å². The van der Waals surface area contributed by atoms with Crippen LogP contribution in [0.15, 0.2) is 42.5 Å². The van der Waals surface area contributed by atoms with Crippen LogP contribution in [0.25, 0.3) is 11.1 Å². The summed E-state index contributed by atoms with van der Waals surface area (Å²) in [5, 5.41) is 18.2. The van der Waals surface area contributed by atoms with Crippen LogP contribution < -0.4 is 5.46 Å². The normalized spacial score (nSPS) is 20.5. The number of benzene rings is 2. The Kier molecular flexibility index (Phi) is 5.92. The molecular formula is C21H26BFO2. The van der Waals surface area contributed by atoms with Crippen molar-refractivity contribution < 1.29 is 14.4 Å². The zero-order valence-corrected chi connectivity index (χ0v) is 14.8. The molecule has 0 aliphatic heterocycles. The second kappa shape index (κ2) is 8.16. The van der Waals surface area contributed by atoms with Gasteiger partial charge in [-0.1, -0.05) is 56.2 Å². The van der Waals surface area contributed by atoms with E-state index >= 15 is 0 Å². The van der Waals surface area contributed by atoms with E-state index in [1.54, 1.807) is 6.07 Å². The van der Waals surface area contributed by atoms with Crippen molar-refractivity contribution in [1.29, 1.82) is 0 Å². The molecule has 2 aromatic rings. The lowest BCUT2D eigenvalue weighted by Gasteiger charge is -2.28. The van der Waals surface area contributed by atoms with Crippen molar-refractivity contribution in [2.75, 3.05) is 0 Å². The van der Waals surface area contributed by atoms with Crippen LogP contribution in [0.2, 0.25) is 0 Å². The first-order chi connectivity index (χ1) is 12.1. The third-order valence-corrected chi connectivity index (χ3v) is 5.54. The Morgan fingerprint density at radius 2 is 1.60 bits per heavy atom. The molecule has 0 spiro atoms. The standard InChI is InChI=1S/C21H26BFO2/c1-2-3-15-4-6-16(7-5-15)17-8-10-18(11-9-17)19-12-13-20(22(24)25)21(23)14-19/h8-16,24-25H,2-7H2,1H3. The lowest BCUT2D eigenvalue weighted by molar-refractivity contribution is 0.308. The van der Waals surface area contributed by atoms with E-state index in [0.717, 1.165) is 17.0 Å². The van der Waals surface area contributed by atoms with E-state index in [0.29, 0.717) is 5.92 Å². The summed E-state index contributed by atoms with van der Waals surface area (Å²) < 4.78 is 13.9. The lowest BCUT2D eigenvalue weighted by atomic mass is 9.77. The van der Waals surface area contributed by atoms with E-state index in [9.17, 15) is 4.39 Å². The average molecular weight is 340 g/mol. The molecule has 0 unspecified atom stereocenters. The van der Waals surface area contributed by atoms with Gasteiger partial charge >= 0.3 is 7.12 Å². The van der Waals surface area contributed by atoms with Crippen LogP contribution in [0.4, 0.5) is 4.39 Å². The molecule has 1 aliphatic carbocycles. The molecule has 0 radical (unpaired) electrons. The molecule has 0 amide bonds. The van der Waals surface area contributed by atoms with Gasteiger partial charge in [-0.05, 0) is 60.3 Å². The monoisotopic (exact) mass is 340 g/mol. The maximum absolute atomic E-state index is 13.9. The third kappa shape index (κ3) is 4.31. The fourth-order valence-electron chi connectivity index (χ4n) is 4.06. The van der Waals surface area contributed by atoms with Gasteiger partial charge in [0.15, 0.2) is 0 Å². The summed E-state index contributed by atoms with van der Waals surface area (Å²) >= 11 is 0. The van der Waals surface area contributed by atoms with E-state index in [1.807, 2.05) is 12.1 Å². The number of halogens is 1. The first-order valence-electron chi connectivity index (χ1n) is 9.34. The van der Waals surface area contributed by atoms with Gasteiger partial charge in [-0.25, -0.2) is 4.39 Å². The average Bonchev–Trinajstić information content (AvgIpc) is 2.62. The molecule has 25 heavy (non-hydrogen) atoms. The smallest absolute Gasteiger partial charge is 0.423 e. The molecule has 2 N–H and O–H groups in total. The van der Waals surface area contributed by atoms with Gasteiger partial charge in [0.2, 0.25) is 0 Å². The van der Waals surface area contributed by atoms with E-state index in [2.05, 4.69) is 19.1 Å². The molecule has 0 saturated heterocycles. The molecule has 2 nitrogen and oxygen atoms in total. The summed E-state index contributed by atoms with van der Waals surface area (Å²) in [6, 6.07) is 12.9. The maximum atomic E-state index is 13.9. The largest absolute Gasteiger partial charge is 0.491 e. The van der Waals surface area contributed by atoms with E-state index in [1.165, 1.54) is 56.2 Å². The van der Waals surface area contributed by atoms with Crippen LogP contribution in [0.5, 0.6) is 0 Å². The molecule has 1 saturated carbocycles. The highest BCUT2D eigenvalue weighted by Crippen LogP contribution is 2.37. The van der Waals surface area contributed by atoms with Crippen LogP contribution in [0.3, 0.4) is 0 Å². The molecule has 1 fully saturated rings. The Morgan fingerprint density at radius 3 is 2.16 bits per heavy atom. The first kappa shape index (κ1) is 18.2. The van der Waals surface area contributed by atoms with Crippen LogP contribution in [-0.2, 0) is 0 Å². The summed E-state index contributed by atoms with van der Waals surface area (Å²) in [6.07, 6.45) is 7.83. The SMILES string of the molecule is CCCC1CCC(c2ccc(-c3ccc(B(O)O)c(F)c3)cc2)CC1. The zero-order valence-electron chi connectivity index (χ0n) is 14.8. The maximum Gasteiger partial charge on any atom is 0.491 e. The Morgan fingerprint density at radius 1 is 0.960 bits per heavy atom. The topological polar surface area (TPSA) is 40.5 Å². The number of hydrogen-bond acceptors (Lipinski definition) is 2. The molecule has 2 aromatic carbocycles.